The Hall–Kier alpha value is -1.28. The summed E-state index contributed by atoms with van der Waals surface area (Å²) in [5.41, 5.74) is 2.14. The van der Waals surface area contributed by atoms with Crippen LogP contribution in [0.3, 0.4) is 0 Å². The number of rotatable bonds is 3. The third-order valence-electron chi connectivity index (χ3n) is 4.80. The Kier molecular flexibility index (Phi) is 3.84. The van der Waals surface area contributed by atoms with E-state index in [4.69, 9.17) is 11.6 Å². The Balaban J connectivity index is 1.88. The first kappa shape index (κ1) is 13.7. The molecule has 1 aliphatic rings. The Bertz CT molecular complexity index is 611. The van der Waals surface area contributed by atoms with E-state index in [1.54, 1.807) is 0 Å². The van der Waals surface area contributed by atoms with Gasteiger partial charge < -0.3 is 5.32 Å². The largest absolute Gasteiger partial charge is 0.381 e. The van der Waals surface area contributed by atoms with Crippen LogP contribution < -0.4 is 5.32 Å². The van der Waals surface area contributed by atoms with Crippen molar-refractivity contribution in [3.63, 3.8) is 0 Å². The highest BCUT2D eigenvalue weighted by Crippen LogP contribution is 2.36. The summed E-state index contributed by atoms with van der Waals surface area (Å²) in [6, 6.07) is 8.56. The molecule has 2 nitrogen and oxygen atoms in total. The molecule has 20 heavy (non-hydrogen) atoms. The third kappa shape index (κ3) is 2.49. The summed E-state index contributed by atoms with van der Waals surface area (Å²) in [5, 5.41) is 5.63. The van der Waals surface area contributed by atoms with Gasteiger partial charge in [0.2, 0.25) is 0 Å². The highest BCUT2D eigenvalue weighted by atomic mass is 35.5. The second kappa shape index (κ2) is 5.61. The number of halogens is 1. The topological polar surface area (TPSA) is 24.9 Å². The lowest BCUT2D eigenvalue weighted by molar-refractivity contribution is 0.392. The van der Waals surface area contributed by atoms with Crippen LogP contribution in [-0.2, 0) is 0 Å². The van der Waals surface area contributed by atoms with Gasteiger partial charge in [-0.15, -0.1) is 0 Å². The average molecular weight is 289 g/mol. The lowest BCUT2D eigenvalue weighted by Crippen LogP contribution is -2.24. The van der Waals surface area contributed by atoms with Crippen molar-refractivity contribution in [2.45, 2.75) is 39.2 Å². The minimum Gasteiger partial charge on any atom is -0.381 e. The van der Waals surface area contributed by atoms with Crippen molar-refractivity contribution in [1.82, 2.24) is 4.98 Å². The number of nitrogens with one attached hydrogen (secondary N) is 1. The molecule has 3 unspecified atom stereocenters. The molecule has 0 radical (unpaired) electrons. The number of aromatic nitrogens is 1. The monoisotopic (exact) mass is 288 g/mol. The first-order valence-electron chi connectivity index (χ1n) is 7.50. The molecule has 1 aromatic carbocycles. The molecule has 0 aliphatic heterocycles. The zero-order chi connectivity index (χ0) is 14.1. The molecule has 0 amide bonds. The number of benzene rings is 1. The summed E-state index contributed by atoms with van der Waals surface area (Å²) in [6.07, 6.45) is 5.74. The van der Waals surface area contributed by atoms with Gasteiger partial charge in [-0.25, -0.2) is 0 Å². The molecular weight excluding hydrogens is 268 g/mol. The van der Waals surface area contributed by atoms with Gasteiger partial charge in [0, 0.05) is 28.3 Å². The number of pyridine rings is 1. The summed E-state index contributed by atoms with van der Waals surface area (Å²) in [7, 11) is 0. The van der Waals surface area contributed by atoms with Gasteiger partial charge in [0.25, 0.3) is 0 Å². The quantitative estimate of drug-likeness (QED) is 0.847. The summed E-state index contributed by atoms with van der Waals surface area (Å²) in [4.78, 5) is 4.40. The molecule has 1 fully saturated rings. The molecule has 2 aromatic rings. The van der Waals surface area contributed by atoms with Gasteiger partial charge in [-0.2, -0.15) is 0 Å². The van der Waals surface area contributed by atoms with Crippen molar-refractivity contribution in [2.75, 3.05) is 5.32 Å². The van der Waals surface area contributed by atoms with E-state index in [-0.39, 0.29) is 0 Å². The minimum absolute atomic E-state index is 0.571. The lowest BCUT2D eigenvalue weighted by Gasteiger charge is -2.22. The molecular formula is C17H21ClN2. The van der Waals surface area contributed by atoms with Gasteiger partial charge in [-0.05, 0) is 48.9 Å². The zero-order valence-electron chi connectivity index (χ0n) is 12.1. The SMILES string of the molecule is CCC1CCC(Nc2ccnc3cc(Cl)ccc23)C1C. The molecule has 3 rings (SSSR count). The molecule has 106 valence electrons. The fraction of sp³-hybridized carbons (Fsp3) is 0.471. The summed E-state index contributed by atoms with van der Waals surface area (Å²) in [6.45, 7) is 4.67. The average Bonchev–Trinajstić information content (AvgIpc) is 2.79. The number of hydrogen-bond acceptors (Lipinski definition) is 2. The predicted octanol–water partition coefficient (Wildman–Crippen LogP) is 5.12. The summed E-state index contributed by atoms with van der Waals surface area (Å²) >= 11 is 6.04. The van der Waals surface area contributed by atoms with Crippen LogP contribution in [0.2, 0.25) is 5.02 Å². The highest BCUT2D eigenvalue weighted by molar-refractivity contribution is 6.31. The maximum atomic E-state index is 6.04. The van der Waals surface area contributed by atoms with E-state index < -0.39 is 0 Å². The van der Waals surface area contributed by atoms with Crippen molar-refractivity contribution in [1.29, 1.82) is 0 Å². The van der Waals surface area contributed by atoms with Gasteiger partial charge in [-0.1, -0.05) is 31.9 Å². The second-order valence-corrected chi connectivity index (χ2v) is 6.31. The van der Waals surface area contributed by atoms with Crippen molar-refractivity contribution in [3.05, 3.63) is 35.5 Å². The van der Waals surface area contributed by atoms with Gasteiger partial charge in [0.05, 0.1) is 5.52 Å². The van der Waals surface area contributed by atoms with Crippen LogP contribution in [0.5, 0.6) is 0 Å². The van der Waals surface area contributed by atoms with Crippen LogP contribution in [0.25, 0.3) is 10.9 Å². The Morgan fingerprint density at radius 1 is 1.30 bits per heavy atom. The van der Waals surface area contributed by atoms with E-state index in [9.17, 15) is 0 Å². The first-order valence-corrected chi connectivity index (χ1v) is 7.87. The van der Waals surface area contributed by atoms with E-state index >= 15 is 0 Å². The molecule has 1 aromatic heterocycles. The number of hydrogen-bond donors (Lipinski definition) is 1. The van der Waals surface area contributed by atoms with Crippen molar-refractivity contribution >= 4 is 28.2 Å². The van der Waals surface area contributed by atoms with Crippen LogP contribution in [0.4, 0.5) is 5.69 Å². The molecule has 0 saturated heterocycles. The molecule has 1 aliphatic carbocycles. The van der Waals surface area contributed by atoms with E-state index in [0.29, 0.717) is 6.04 Å². The third-order valence-corrected chi connectivity index (χ3v) is 5.03. The standard InChI is InChI=1S/C17H21ClN2/c1-3-12-4-7-15(11(12)2)20-16-8-9-19-17-10-13(18)5-6-14(16)17/h5-6,8-12,15H,3-4,7H2,1-2H3,(H,19,20). The van der Waals surface area contributed by atoms with E-state index in [2.05, 4.69) is 36.3 Å². The number of anilines is 1. The van der Waals surface area contributed by atoms with Crippen molar-refractivity contribution < 1.29 is 0 Å². The van der Waals surface area contributed by atoms with Gasteiger partial charge in [0.1, 0.15) is 0 Å². The maximum absolute atomic E-state index is 6.04. The van der Waals surface area contributed by atoms with Crippen LogP contribution in [0.15, 0.2) is 30.5 Å². The smallest absolute Gasteiger partial charge is 0.0737 e. The normalized spacial score (nSPS) is 26.1. The van der Waals surface area contributed by atoms with E-state index in [1.807, 2.05) is 18.3 Å². The molecule has 0 bridgehead atoms. The first-order chi connectivity index (χ1) is 9.69. The van der Waals surface area contributed by atoms with E-state index in [0.717, 1.165) is 27.8 Å². The maximum Gasteiger partial charge on any atom is 0.0737 e. The number of fused-ring (bicyclic) bond motifs is 1. The molecule has 1 saturated carbocycles. The highest BCUT2D eigenvalue weighted by Gasteiger charge is 2.31. The molecule has 0 spiro atoms. The van der Waals surface area contributed by atoms with Crippen LogP contribution in [0.1, 0.15) is 33.1 Å². The van der Waals surface area contributed by atoms with Crippen molar-refractivity contribution in [3.8, 4) is 0 Å². The predicted molar refractivity (Wildman–Crippen MR) is 86.3 cm³/mol. The fourth-order valence-corrected chi connectivity index (χ4v) is 3.64. The Morgan fingerprint density at radius 2 is 2.15 bits per heavy atom. The van der Waals surface area contributed by atoms with Gasteiger partial charge in [0.15, 0.2) is 0 Å². The lowest BCUT2D eigenvalue weighted by atomic mass is 9.93. The number of nitrogens with zero attached hydrogens (tertiary/aromatic N) is 1. The van der Waals surface area contributed by atoms with Gasteiger partial charge in [-0.3, -0.25) is 4.98 Å². The summed E-state index contributed by atoms with van der Waals surface area (Å²) < 4.78 is 0. The molecule has 3 heteroatoms. The Labute approximate surface area is 125 Å². The fourth-order valence-electron chi connectivity index (χ4n) is 3.47. The summed E-state index contributed by atoms with van der Waals surface area (Å²) in [5.74, 6) is 1.59. The van der Waals surface area contributed by atoms with Crippen molar-refractivity contribution in [2.24, 2.45) is 11.8 Å². The Morgan fingerprint density at radius 3 is 2.90 bits per heavy atom. The van der Waals surface area contributed by atoms with E-state index in [1.165, 1.54) is 24.9 Å². The van der Waals surface area contributed by atoms with Crippen LogP contribution in [0, 0.1) is 11.8 Å². The van der Waals surface area contributed by atoms with Gasteiger partial charge >= 0.3 is 0 Å². The minimum atomic E-state index is 0.571. The van der Waals surface area contributed by atoms with Crippen LogP contribution >= 0.6 is 11.6 Å². The molecule has 3 atom stereocenters. The second-order valence-electron chi connectivity index (χ2n) is 5.88. The van der Waals surface area contributed by atoms with Crippen LogP contribution in [-0.4, -0.2) is 11.0 Å². The molecule has 1 heterocycles. The molecule has 1 N–H and O–H groups in total. The zero-order valence-corrected chi connectivity index (χ0v) is 12.8.